The minimum atomic E-state index is 0.532. The number of hydrogen-bond acceptors (Lipinski definition) is 4. The number of aryl methyl sites for hydroxylation is 2. The third kappa shape index (κ3) is 3.21. The molecule has 0 atom stereocenters. The van der Waals surface area contributed by atoms with E-state index in [2.05, 4.69) is 11.1 Å². The fourth-order valence-electron chi connectivity index (χ4n) is 1.38. The molecule has 1 rings (SSSR count). The molecule has 0 aliphatic rings. The summed E-state index contributed by atoms with van der Waals surface area (Å²) in [6, 6.07) is 3.93. The van der Waals surface area contributed by atoms with Gasteiger partial charge in [-0.25, -0.2) is 0 Å². The van der Waals surface area contributed by atoms with Crippen LogP contribution in [0.2, 0.25) is 0 Å². The molecule has 1 heterocycles. The van der Waals surface area contributed by atoms with E-state index in [0.29, 0.717) is 17.9 Å². The molecule has 0 bridgehead atoms. The Kier molecular flexibility index (Phi) is 4.27. The van der Waals surface area contributed by atoms with E-state index in [-0.39, 0.29) is 0 Å². The number of ether oxygens (including phenoxy) is 1. The van der Waals surface area contributed by atoms with Crippen molar-refractivity contribution in [2.24, 2.45) is 0 Å². The molecular weight excluding hydrogens is 202 g/mol. The molecule has 1 aromatic rings. The zero-order chi connectivity index (χ0) is 12.1. The van der Waals surface area contributed by atoms with Gasteiger partial charge in [-0.15, -0.1) is 0 Å². The Balaban J connectivity index is 2.82. The molecule has 0 unspecified atom stereocenters. The second-order valence-corrected chi connectivity index (χ2v) is 3.99. The van der Waals surface area contributed by atoms with Gasteiger partial charge in [0.05, 0.1) is 5.69 Å². The van der Waals surface area contributed by atoms with E-state index in [0.717, 1.165) is 17.9 Å². The van der Waals surface area contributed by atoms with Gasteiger partial charge in [-0.3, -0.25) is 4.98 Å². The van der Waals surface area contributed by atoms with Crippen molar-refractivity contribution in [3.8, 4) is 11.8 Å². The Bertz CT molecular complexity index is 407. The van der Waals surface area contributed by atoms with Crippen molar-refractivity contribution >= 4 is 0 Å². The van der Waals surface area contributed by atoms with Gasteiger partial charge in [-0.2, -0.15) is 5.26 Å². The van der Waals surface area contributed by atoms with E-state index in [1.165, 1.54) is 0 Å². The minimum absolute atomic E-state index is 0.532. The average Bonchev–Trinajstić information content (AvgIpc) is 2.16. The Morgan fingerprint density at radius 2 is 2.12 bits per heavy atom. The number of likely N-dealkylation sites (N-methyl/N-ethyl adjacent to an activating group) is 1. The van der Waals surface area contributed by atoms with Crippen molar-refractivity contribution in [1.29, 1.82) is 5.26 Å². The fourth-order valence-corrected chi connectivity index (χ4v) is 1.38. The van der Waals surface area contributed by atoms with E-state index in [1.807, 2.05) is 32.8 Å². The van der Waals surface area contributed by atoms with Gasteiger partial charge in [0.1, 0.15) is 24.0 Å². The van der Waals surface area contributed by atoms with E-state index >= 15 is 0 Å². The SMILES string of the molecule is Cc1cc(OCCN(C)C)c(C#N)c(C)n1. The standard InChI is InChI=1S/C12H17N3O/c1-9-7-12(16-6-5-15(3)4)11(8-13)10(2)14-9/h7H,5-6H2,1-4H3. The lowest BCUT2D eigenvalue weighted by molar-refractivity contribution is 0.260. The van der Waals surface area contributed by atoms with Crippen LogP contribution in [-0.4, -0.2) is 37.1 Å². The number of aromatic nitrogens is 1. The highest BCUT2D eigenvalue weighted by atomic mass is 16.5. The second kappa shape index (κ2) is 5.47. The van der Waals surface area contributed by atoms with Gasteiger partial charge < -0.3 is 9.64 Å². The lowest BCUT2D eigenvalue weighted by atomic mass is 10.2. The topological polar surface area (TPSA) is 49.1 Å². The number of hydrogen-bond donors (Lipinski definition) is 0. The van der Waals surface area contributed by atoms with Crippen molar-refractivity contribution in [2.45, 2.75) is 13.8 Å². The highest BCUT2D eigenvalue weighted by Gasteiger charge is 2.08. The lowest BCUT2D eigenvalue weighted by Gasteiger charge is -2.13. The van der Waals surface area contributed by atoms with Gasteiger partial charge >= 0.3 is 0 Å². The summed E-state index contributed by atoms with van der Waals surface area (Å²) in [5.74, 6) is 0.634. The Morgan fingerprint density at radius 3 is 2.69 bits per heavy atom. The van der Waals surface area contributed by atoms with E-state index < -0.39 is 0 Å². The first-order valence-corrected chi connectivity index (χ1v) is 5.20. The molecule has 0 radical (unpaired) electrons. The van der Waals surface area contributed by atoms with E-state index in [1.54, 1.807) is 6.07 Å². The normalized spacial score (nSPS) is 10.2. The Hall–Kier alpha value is -1.60. The van der Waals surface area contributed by atoms with Crippen molar-refractivity contribution in [3.05, 3.63) is 23.0 Å². The van der Waals surface area contributed by atoms with Crippen molar-refractivity contribution in [3.63, 3.8) is 0 Å². The summed E-state index contributed by atoms with van der Waals surface area (Å²) in [5, 5.41) is 9.02. The van der Waals surface area contributed by atoms with Crippen LogP contribution >= 0.6 is 0 Å². The van der Waals surface area contributed by atoms with Crippen LogP contribution in [0.25, 0.3) is 0 Å². The first-order valence-electron chi connectivity index (χ1n) is 5.20. The van der Waals surface area contributed by atoms with Crippen LogP contribution in [0, 0.1) is 25.2 Å². The summed E-state index contributed by atoms with van der Waals surface area (Å²) in [6.45, 7) is 5.12. The summed E-state index contributed by atoms with van der Waals surface area (Å²) in [6.07, 6.45) is 0. The molecule has 0 N–H and O–H groups in total. The highest BCUT2D eigenvalue weighted by molar-refractivity contribution is 5.46. The van der Waals surface area contributed by atoms with Gasteiger partial charge in [0.25, 0.3) is 0 Å². The molecule has 4 nitrogen and oxygen atoms in total. The number of nitrogens with zero attached hydrogens (tertiary/aromatic N) is 3. The number of pyridine rings is 1. The van der Waals surface area contributed by atoms with Crippen molar-refractivity contribution in [1.82, 2.24) is 9.88 Å². The first kappa shape index (κ1) is 12.5. The Labute approximate surface area is 96.5 Å². The highest BCUT2D eigenvalue weighted by Crippen LogP contribution is 2.20. The van der Waals surface area contributed by atoms with Crippen LogP contribution in [0.5, 0.6) is 5.75 Å². The van der Waals surface area contributed by atoms with Crippen LogP contribution < -0.4 is 4.74 Å². The molecule has 0 aromatic carbocycles. The molecule has 0 saturated carbocycles. The van der Waals surface area contributed by atoms with Gasteiger partial charge in [0.2, 0.25) is 0 Å². The predicted molar refractivity (Wildman–Crippen MR) is 62.5 cm³/mol. The van der Waals surface area contributed by atoms with Gasteiger partial charge in [-0.1, -0.05) is 0 Å². The summed E-state index contributed by atoms with van der Waals surface area (Å²) >= 11 is 0. The fraction of sp³-hybridized carbons (Fsp3) is 0.500. The van der Waals surface area contributed by atoms with Crippen LogP contribution in [0.1, 0.15) is 17.0 Å². The predicted octanol–water partition coefficient (Wildman–Crippen LogP) is 1.51. The quantitative estimate of drug-likeness (QED) is 0.770. The van der Waals surface area contributed by atoms with Crippen LogP contribution in [0.3, 0.4) is 0 Å². The molecule has 4 heteroatoms. The molecule has 86 valence electrons. The summed E-state index contributed by atoms with van der Waals surface area (Å²) < 4.78 is 5.60. The number of rotatable bonds is 4. The van der Waals surface area contributed by atoms with E-state index in [9.17, 15) is 0 Å². The monoisotopic (exact) mass is 219 g/mol. The summed E-state index contributed by atoms with van der Waals surface area (Å²) in [7, 11) is 3.97. The second-order valence-electron chi connectivity index (χ2n) is 3.99. The van der Waals surface area contributed by atoms with Crippen LogP contribution in [0.15, 0.2) is 6.07 Å². The zero-order valence-corrected chi connectivity index (χ0v) is 10.2. The van der Waals surface area contributed by atoms with Gasteiger partial charge in [0, 0.05) is 18.3 Å². The summed E-state index contributed by atoms with van der Waals surface area (Å²) in [4.78, 5) is 6.27. The molecule has 16 heavy (non-hydrogen) atoms. The maximum Gasteiger partial charge on any atom is 0.140 e. The molecule has 0 aliphatic carbocycles. The van der Waals surface area contributed by atoms with Crippen LogP contribution in [-0.2, 0) is 0 Å². The van der Waals surface area contributed by atoms with Gasteiger partial charge in [-0.05, 0) is 27.9 Å². The molecule has 0 fully saturated rings. The first-order chi connectivity index (χ1) is 7.54. The minimum Gasteiger partial charge on any atom is -0.491 e. The lowest BCUT2D eigenvalue weighted by Crippen LogP contribution is -2.19. The van der Waals surface area contributed by atoms with Gasteiger partial charge in [0.15, 0.2) is 0 Å². The molecule has 0 aliphatic heterocycles. The van der Waals surface area contributed by atoms with Crippen molar-refractivity contribution in [2.75, 3.05) is 27.2 Å². The molecule has 0 amide bonds. The summed E-state index contributed by atoms with van der Waals surface area (Å²) in [5.41, 5.74) is 2.13. The average molecular weight is 219 g/mol. The number of nitriles is 1. The van der Waals surface area contributed by atoms with E-state index in [4.69, 9.17) is 10.00 Å². The maximum absolute atomic E-state index is 9.02. The largest absolute Gasteiger partial charge is 0.491 e. The smallest absolute Gasteiger partial charge is 0.140 e. The Morgan fingerprint density at radius 1 is 1.44 bits per heavy atom. The maximum atomic E-state index is 9.02. The molecular formula is C12H17N3O. The third-order valence-corrected chi connectivity index (χ3v) is 2.20. The molecule has 0 saturated heterocycles. The zero-order valence-electron chi connectivity index (χ0n) is 10.2. The van der Waals surface area contributed by atoms with Crippen molar-refractivity contribution < 1.29 is 4.74 Å². The molecule has 0 spiro atoms. The molecule has 1 aromatic heterocycles. The third-order valence-electron chi connectivity index (χ3n) is 2.20. The van der Waals surface area contributed by atoms with Crippen LogP contribution in [0.4, 0.5) is 0 Å².